The van der Waals surface area contributed by atoms with Crippen molar-refractivity contribution < 1.29 is 0 Å². The van der Waals surface area contributed by atoms with Gasteiger partial charge in [-0.1, -0.05) is 60.1 Å². The van der Waals surface area contributed by atoms with Gasteiger partial charge in [0.1, 0.15) is 5.15 Å². The van der Waals surface area contributed by atoms with Gasteiger partial charge in [0, 0.05) is 24.0 Å². The molecule has 1 heterocycles. The number of anilines is 1. The van der Waals surface area contributed by atoms with Crippen LogP contribution in [0.5, 0.6) is 0 Å². The molecule has 3 aromatic rings. The Morgan fingerprint density at radius 2 is 1.67 bits per heavy atom. The van der Waals surface area contributed by atoms with E-state index in [0.29, 0.717) is 5.15 Å². The van der Waals surface area contributed by atoms with E-state index in [9.17, 15) is 0 Å². The van der Waals surface area contributed by atoms with Crippen molar-refractivity contribution >= 4 is 17.3 Å². The lowest BCUT2D eigenvalue weighted by Crippen LogP contribution is -2.17. The lowest BCUT2D eigenvalue weighted by atomic mass is 10.0. The zero-order valence-electron chi connectivity index (χ0n) is 13.4. The third-order valence-corrected chi connectivity index (χ3v) is 4.30. The molecular formula is C20H20ClN3. The molecule has 0 aliphatic heterocycles. The molecule has 0 atom stereocenters. The predicted octanol–water partition coefficient (Wildman–Crippen LogP) is 4.32. The summed E-state index contributed by atoms with van der Waals surface area (Å²) in [4.78, 5) is 4.32. The molecule has 0 saturated carbocycles. The molecule has 0 spiro atoms. The van der Waals surface area contributed by atoms with Gasteiger partial charge in [-0.05, 0) is 41.8 Å². The Hall–Kier alpha value is -2.36. The van der Waals surface area contributed by atoms with Crippen LogP contribution in [0.1, 0.15) is 11.1 Å². The van der Waals surface area contributed by atoms with Crippen molar-refractivity contribution in [2.75, 3.05) is 12.3 Å². The van der Waals surface area contributed by atoms with Gasteiger partial charge in [0.25, 0.3) is 0 Å². The molecule has 4 heteroatoms. The van der Waals surface area contributed by atoms with Crippen molar-refractivity contribution in [3.05, 3.63) is 83.1 Å². The van der Waals surface area contributed by atoms with Gasteiger partial charge in [0.15, 0.2) is 0 Å². The van der Waals surface area contributed by atoms with Crippen molar-refractivity contribution in [1.82, 2.24) is 10.3 Å². The summed E-state index contributed by atoms with van der Waals surface area (Å²) in [7, 11) is 0. The van der Waals surface area contributed by atoms with Crippen LogP contribution < -0.4 is 11.1 Å². The first kappa shape index (κ1) is 16.5. The summed E-state index contributed by atoms with van der Waals surface area (Å²) in [6.07, 6.45) is 2.64. The number of hydrogen-bond donors (Lipinski definition) is 2. The molecule has 0 aliphatic rings. The van der Waals surface area contributed by atoms with Crippen molar-refractivity contribution in [3.8, 4) is 11.1 Å². The first-order valence-corrected chi connectivity index (χ1v) is 8.36. The molecule has 0 fully saturated rings. The van der Waals surface area contributed by atoms with Crippen LogP contribution in [0.4, 0.5) is 5.69 Å². The molecule has 0 bridgehead atoms. The highest BCUT2D eigenvalue weighted by Gasteiger charge is 2.05. The third-order valence-electron chi connectivity index (χ3n) is 3.96. The maximum absolute atomic E-state index is 6.25. The van der Waals surface area contributed by atoms with E-state index < -0.39 is 0 Å². The van der Waals surface area contributed by atoms with E-state index in [0.717, 1.165) is 47.5 Å². The van der Waals surface area contributed by atoms with E-state index in [1.165, 1.54) is 0 Å². The molecule has 0 aliphatic carbocycles. The van der Waals surface area contributed by atoms with Crippen LogP contribution in [0.3, 0.4) is 0 Å². The fourth-order valence-corrected chi connectivity index (χ4v) is 2.80. The third kappa shape index (κ3) is 4.13. The summed E-state index contributed by atoms with van der Waals surface area (Å²) in [5, 5.41) is 3.98. The van der Waals surface area contributed by atoms with Crippen LogP contribution in [0, 0.1) is 0 Å². The quantitative estimate of drug-likeness (QED) is 0.400. The number of nitrogens with two attached hydrogens (primary N) is 1. The van der Waals surface area contributed by atoms with Gasteiger partial charge in [-0.15, -0.1) is 0 Å². The Kier molecular flexibility index (Phi) is 5.47. The van der Waals surface area contributed by atoms with Crippen molar-refractivity contribution in [3.63, 3.8) is 0 Å². The first-order chi connectivity index (χ1) is 11.7. The first-order valence-electron chi connectivity index (χ1n) is 7.98. The van der Waals surface area contributed by atoms with Gasteiger partial charge in [-0.2, -0.15) is 0 Å². The van der Waals surface area contributed by atoms with E-state index in [4.69, 9.17) is 17.3 Å². The number of nitrogen functional groups attached to an aromatic ring is 1. The van der Waals surface area contributed by atoms with Gasteiger partial charge in [-0.3, -0.25) is 0 Å². The van der Waals surface area contributed by atoms with Crippen molar-refractivity contribution in [1.29, 1.82) is 0 Å². The molecule has 3 N–H and O–H groups in total. The Morgan fingerprint density at radius 3 is 2.46 bits per heavy atom. The Labute approximate surface area is 147 Å². The maximum Gasteiger partial charge on any atom is 0.132 e. The number of halogens is 1. The van der Waals surface area contributed by atoms with E-state index in [1.807, 2.05) is 48.7 Å². The van der Waals surface area contributed by atoms with E-state index in [1.54, 1.807) is 0 Å². The Bertz CT molecular complexity index is 803. The van der Waals surface area contributed by atoms with Crippen LogP contribution in [-0.2, 0) is 13.0 Å². The van der Waals surface area contributed by atoms with Crippen LogP contribution in [0.25, 0.3) is 11.1 Å². The smallest absolute Gasteiger partial charge is 0.132 e. The molecule has 0 unspecified atom stereocenters. The minimum absolute atomic E-state index is 0.565. The average molecular weight is 338 g/mol. The number of rotatable bonds is 6. The summed E-state index contributed by atoms with van der Waals surface area (Å²) in [5.41, 5.74) is 11.2. The fraction of sp³-hybridized carbons (Fsp3) is 0.150. The number of nitrogens with one attached hydrogen (secondary N) is 1. The second-order valence-corrected chi connectivity index (χ2v) is 6.02. The van der Waals surface area contributed by atoms with Gasteiger partial charge >= 0.3 is 0 Å². The second kappa shape index (κ2) is 7.95. The van der Waals surface area contributed by atoms with Gasteiger partial charge in [-0.25, -0.2) is 4.98 Å². The van der Waals surface area contributed by atoms with Gasteiger partial charge in [0.05, 0.1) is 0 Å². The van der Waals surface area contributed by atoms with Crippen LogP contribution >= 0.6 is 11.6 Å². The number of hydrogen-bond acceptors (Lipinski definition) is 3. The number of para-hydroxylation sites is 1. The summed E-state index contributed by atoms with van der Waals surface area (Å²) < 4.78 is 0. The normalized spacial score (nSPS) is 10.7. The summed E-state index contributed by atoms with van der Waals surface area (Å²) in [6, 6.07) is 20.2. The van der Waals surface area contributed by atoms with Crippen LogP contribution in [0.2, 0.25) is 5.15 Å². The van der Waals surface area contributed by atoms with Gasteiger partial charge < -0.3 is 11.1 Å². The lowest BCUT2D eigenvalue weighted by Gasteiger charge is -2.09. The highest BCUT2D eigenvalue weighted by atomic mass is 35.5. The molecule has 3 nitrogen and oxygen atoms in total. The molecule has 122 valence electrons. The van der Waals surface area contributed by atoms with Gasteiger partial charge in [0.2, 0.25) is 0 Å². The maximum atomic E-state index is 6.25. The Balaban J connectivity index is 1.62. The second-order valence-electron chi connectivity index (χ2n) is 5.67. The SMILES string of the molecule is Nc1ccccc1CNCCc1cc(-c2ccccc2)cnc1Cl. The van der Waals surface area contributed by atoms with Crippen LogP contribution in [-0.4, -0.2) is 11.5 Å². The molecule has 1 aromatic heterocycles. The minimum atomic E-state index is 0.565. The number of benzene rings is 2. The molecular weight excluding hydrogens is 318 g/mol. The summed E-state index contributed by atoms with van der Waals surface area (Å²) in [5.74, 6) is 0. The molecule has 0 amide bonds. The zero-order chi connectivity index (χ0) is 16.8. The highest BCUT2D eigenvalue weighted by molar-refractivity contribution is 6.30. The van der Waals surface area contributed by atoms with Crippen molar-refractivity contribution in [2.24, 2.45) is 0 Å². The predicted molar refractivity (Wildman–Crippen MR) is 101 cm³/mol. The summed E-state index contributed by atoms with van der Waals surface area (Å²) >= 11 is 6.25. The molecule has 2 aromatic carbocycles. The van der Waals surface area contributed by atoms with Crippen LogP contribution in [0.15, 0.2) is 66.9 Å². The monoisotopic (exact) mass is 337 g/mol. The minimum Gasteiger partial charge on any atom is -0.398 e. The standard InChI is InChI=1S/C20H20ClN3/c21-20-16(10-11-23-13-17-8-4-5-9-19(17)22)12-18(14-24-20)15-6-2-1-3-7-15/h1-9,12,14,23H,10-11,13,22H2. The molecule has 0 radical (unpaired) electrons. The lowest BCUT2D eigenvalue weighted by molar-refractivity contribution is 0.687. The van der Waals surface area contributed by atoms with E-state index in [-0.39, 0.29) is 0 Å². The molecule has 24 heavy (non-hydrogen) atoms. The topological polar surface area (TPSA) is 50.9 Å². The molecule has 0 saturated heterocycles. The average Bonchev–Trinajstić information content (AvgIpc) is 2.62. The molecule has 3 rings (SSSR count). The van der Waals surface area contributed by atoms with Crippen molar-refractivity contribution in [2.45, 2.75) is 13.0 Å². The number of nitrogens with zero attached hydrogens (tertiary/aromatic N) is 1. The van der Waals surface area contributed by atoms with E-state index >= 15 is 0 Å². The number of aromatic nitrogens is 1. The highest BCUT2D eigenvalue weighted by Crippen LogP contribution is 2.23. The summed E-state index contributed by atoms with van der Waals surface area (Å²) in [6.45, 7) is 1.56. The van der Waals surface area contributed by atoms with E-state index in [2.05, 4.69) is 28.5 Å². The zero-order valence-corrected chi connectivity index (χ0v) is 14.1. The fourth-order valence-electron chi connectivity index (χ4n) is 2.60. The number of pyridine rings is 1. The largest absolute Gasteiger partial charge is 0.398 e. The Morgan fingerprint density at radius 1 is 0.917 bits per heavy atom.